The van der Waals surface area contributed by atoms with E-state index in [2.05, 4.69) is 34.8 Å². The Morgan fingerprint density at radius 3 is 2.52 bits per heavy atom. The molecule has 0 aliphatic heterocycles. The van der Waals surface area contributed by atoms with Crippen molar-refractivity contribution in [1.29, 1.82) is 0 Å². The minimum Gasteiger partial charge on any atom is -0.308 e. The molecule has 0 saturated carbocycles. The summed E-state index contributed by atoms with van der Waals surface area (Å²) in [5.74, 6) is 0.291. The van der Waals surface area contributed by atoms with Crippen molar-refractivity contribution in [1.82, 2.24) is 15.0 Å². The molecular formula is C18H18ClN5O. The molecule has 0 bridgehead atoms. The van der Waals surface area contributed by atoms with E-state index in [1.807, 2.05) is 24.3 Å². The molecule has 0 aliphatic rings. The Morgan fingerprint density at radius 2 is 1.80 bits per heavy atom. The topological polar surface area (TPSA) is 71.8 Å². The molecule has 0 unspecified atom stereocenters. The van der Waals surface area contributed by atoms with Crippen molar-refractivity contribution in [2.24, 2.45) is 0 Å². The first-order chi connectivity index (χ1) is 12.0. The molecule has 0 saturated heterocycles. The first kappa shape index (κ1) is 17.0. The van der Waals surface area contributed by atoms with Crippen LogP contribution >= 0.6 is 11.6 Å². The molecular weight excluding hydrogens is 338 g/mol. The number of amides is 2. The fraction of sp³-hybridized carbons (Fsp3) is 0.167. The predicted octanol–water partition coefficient (Wildman–Crippen LogP) is 4.69. The van der Waals surface area contributed by atoms with Crippen molar-refractivity contribution >= 4 is 29.0 Å². The van der Waals surface area contributed by atoms with Gasteiger partial charge < -0.3 is 10.6 Å². The van der Waals surface area contributed by atoms with Crippen molar-refractivity contribution in [3.8, 4) is 5.69 Å². The van der Waals surface area contributed by atoms with E-state index in [1.165, 1.54) is 0 Å². The summed E-state index contributed by atoms with van der Waals surface area (Å²) in [7, 11) is 0. The monoisotopic (exact) mass is 355 g/mol. The molecule has 7 heteroatoms. The summed E-state index contributed by atoms with van der Waals surface area (Å²) in [4.78, 5) is 12.1. The minimum absolute atomic E-state index is 0.291. The number of nitrogens with zero attached hydrogens (tertiary/aromatic N) is 3. The smallest absolute Gasteiger partial charge is 0.308 e. The fourth-order valence-electron chi connectivity index (χ4n) is 2.38. The number of rotatable bonds is 4. The number of halogens is 1. The quantitative estimate of drug-likeness (QED) is 0.713. The number of benzene rings is 2. The first-order valence-electron chi connectivity index (χ1n) is 7.87. The van der Waals surface area contributed by atoms with Crippen LogP contribution in [0.3, 0.4) is 0 Å². The Bertz CT molecular complexity index is 873. The van der Waals surface area contributed by atoms with Crippen LogP contribution in [-0.2, 0) is 0 Å². The van der Waals surface area contributed by atoms with Crippen LogP contribution in [0.1, 0.15) is 25.5 Å². The standard InChI is InChI=1S/C18H18ClN5O/c1-12(2)17-11-20-23-24(17)16-5-3-4-15(10-16)22-18(25)21-14-8-6-13(19)7-9-14/h3-12H,1-2H3,(H2,21,22,25). The number of carbonyl (C=O) groups is 1. The molecule has 1 heterocycles. The number of urea groups is 1. The van der Waals surface area contributed by atoms with Gasteiger partial charge in [-0.2, -0.15) is 0 Å². The molecule has 3 rings (SSSR count). The van der Waals surface area contributed by atoms with E-state index in [0.717, 1.165) is 11.4 Å². The van der Waals surface area contributed by atoms with Crippen LogP contribution in [0.2, 0.25) is 5.02 Å². The summed E-state index contributed by atoms with van der Waals surface area (Å²) >= 11 is 5.84. The number of hydrogen-bond acceptors (Lipinski definition) is 3. The molecule has 0 atom stereocenters. The number of hydrogen-bond donors (Lipinski definition) is 2. The first-order valence-corrected chi connectivity index (χ1v) is 8.25. The largest absolute Gasteiger partial charge is 0.323 e. The molecule has 2 aromatic carbocycles. The summed E-state index contributed by atoms with van der Waals surface area (Å²) in [6.07, 6.45) is 1.75. The highest BCUT2D eigenvalue weighted by Crippen LogP contribution is 2.20. The number of anilines is 2. The molecule has 2 amide bonds. The maximum Gasteiger partial charge on any atom is 0.323 e. The van der Waals surface area contributed by atoms with E-state index in [4.69, 9.17) is 11.6 Å². The lowest BCUT2D eigenvalue weighted by Crippen LogP contribution is -2.19. The normalized spacial score (nSPS) is 10.7. The molecule has 0 fully saturated rings. The third kappa shape index (κ3) is 4.16. The van der Waals surface area contributed by atoms with Crippen molar-refractivity contribution in [2.75, 3.05) is 10.6 Å². The van der Waals surface area contributed by atoms with Gasteiger partial charge in [0.25, 0.3) is 0 Å². The lowest BCUT2D eigenvalue weighted by atomic mass is 10.1. The zero-order chi connectivity index (χ0) is 17.8. The molecule has 3 aromatic rings. The summed E-state index contributed by atoms with van der Waals surface area (Å²) in [6.45, 7) is 4.16. The molecule has 6 nitrogen and oxygen atoms in total. The Hall–Kier alpha value is -2.86. The van der Waals surface area contributed by atoms with Gasteiger partial charge >= 0.3 is 6.03 Å². The van der Waals surface area contributed by atoms with Gasteiger partial charge in [-0.1, -0.05) is 36.7 Å². The van der Waals surface area contributed by atoms with Crippen molar-refractivity contribution in [3.63, 3.8) is 0 Å². The van der Waals surface area contributed by atoms with Gasteiger partial charge in [0, 0.05) is 16.4 Å². The second-order valence-electron chi connectivity index (χ2n) is 5.86. The summed E-state index contributed by atoms with van der Waals surface area (Å²) in [6, 6.07) is 14.0. The van der Waals surface area contributed by atoms with Crippen molar-refractivity contribution in [2.45, 2.75) is 19.8 Å². The Morgan fingerprint density at radius 1 is 1.08 bits per heavy atom. The third-order valence-electron chi connectivity index (χ3n) is 3.62. The van der Waals surface area contributed by atoms with Gasteiger partial charge in [-0.25, -0.2) is 9.48 Å². The summed E-state index contributed by atoms with van der Waals surface area (Å²) < 4.78 is 1.77. The van der Waals surface area contributed by atoms with Crippen LogP contribution < -0.4 is 10.6 Å². The van der Waals surface area contributed by atoms with Gasteiger partial charge in [-0.05, 0) is 48.4 Å². The van der Waals surface area contributed by atoms with Crippen LogP contribution in [0, 0.1) is 0 Å². The van der Waals surface area contributed by atoms with E-state index in [9.17, 15) is 4.79 Å². The minimum atomic E-state index is -0.331. The zero-order valence-electron chi connectivity index (χ0n) is 13.9. The van der Waals surface area contributed by atoms with E-state index in [0.29, 0.717) is 22.3 Å². The van der Waals surface area contributed by atoms with Crippen LogP contribution in [0.15, 0.2) is 54.7 Å². The van der Waals surface area contributed by atoms with Crippen LogP contribution in [0.25, 0.3) is 5.69 Å². The highest BCUT2D eigenvalue weighted by molar-refractivity contribution is 6.30. The van der Waals surface area contributed by atoms with Gasteiger partial charge in [0.05, 0.1) is 17.6 Å². The number of aromatic nitrogens is 3. The second kappa shape index (κ2) is 7.36. The third-order valence-corrected chi connectivity index (χ3v) is 3.87. The molecule has 0 aliphatic carbocycles. The van der Waals surface area contributed by atoms with Crippen LogP contribution in [-0.4, -0.2) is 21.0 Å². The van der Waals surface area contributed by atoms with Crippen LogP contribution in [0.4, 0.5) is 16.2 Å². The maximum absolute atomic E-state index is 12.1. The van der Waals surface area contributed by atoms with Gasteiger partial charge in [0.1, 0.15) is 0 Å². The molecule has 0 radical (unpaired) electrons. The molecule has 25 heavy (non-hydrogen) atoms. The Balaban J connectivity index is 1.74. The Labute approximate surface area is 150 Å². The molecule has 1 aromatic heterocycles. The van der Waals surface area contributed by atoms with Gasteiger partial charge in [-0.15, -0.1) is 5.10 Å². The van der Waals surface area contributed by atoms with E-state index < -0.39 is 0 Å². The highest BCUT2D eigenvalue weighted by Gasteiger charge is 2.11. The average Bonchev–Trinajstić information content (AvgIpc) is 3.07. The fourth-order valence-corrected chi connectivity index (χ4v) is 2.51. The van der Waals surface area contributed by atoms with Gasteiger partial charge in [-0.3, -0.25) is 0 Å². The van der Waals surface area contributed by atoms with E-state index in [1.54, 1.807) is 35.1 Å². The highest BCUT2D eigenvalue weighted by atomic mass is 35.5. The van der Waals surface area contributed by atoms with Crippen molar-refractivity contribution in [3.05, 3.63) is 65.4 Å². The summed E-state index contributed by atoms with van der Waals surface area (Å²) in [5, 5.41) is 14.3. The average molecular weight is 356 g/mol. The molecule has 0 spiro atoms. The SMILES string of the molecule is CC(C)c1cnnn1-c1cccc(NC(=O)Nc2ccc(Cl)cc2)c1. The lowest BCUT2D eigenvalue weighted by molar-refractivity contribution is 0.262. The second-order valence-corrected chi connectivity index (χ2v) is 6.30. The van der Waals surface area contributed by atoms with Gasteiger partial charge in [0.2, 0.25) is 0 Å². The van der Waals surface area contributed by atoms with E-state index in [-0.39, 0.29) is 6.03 Å². The van der Waals surface area contributed by atoms with E-state index >= 15 is 0 Å². The molecule has 128 valence electrons. The van der Waals surface area contributed by atoms with Crippen molar-refractivity contribution < 1.29 is 4.79 Å². The zero-order valence-corrected chi connectivity index (χ0v) is 14.7. The van der Waals surface area contributed by atoms with Gasteiger partial charge in [0.15, 0.2) is 0 Å². The summed E-state index contributed by atoms with van der Waals surface area (Å²) in [5.41, 5.74) is 3.17. The number of nitrogens with one attached hydrogen (secondary N) is 2. The van der Waals surface area contributed by atoms with Crippen LogP contribution in [0.5, 0.6) is 0 Å². The Kier molecular flexibility index (Phi) is 5.00. The predicted molar refractivity (Wildman–Crippen MR) is 99.5 cm³/mol. The number of carbonyl (C=O) groups excluding carboxylic acids is 1. The molecule has 2 N–H and O–H groups in total. The lowest BCUT2D eigenvalue weighted by Gasteiger charge is -2.11. The maximum atomic E-state index is 12.1.